The number of hydrogen-bond acceptors (Lipinski definition) is 3. The predicted molar refractivity (Wildman–Crippen MR) is 116 cm³/mol. The molecule has 29 heavy (non-hydrogen) atoms. The van der Waals surface area contributed by atoms with E-state index < -0.39 is 0 Å². The van der Waals surface area contributed by atoms with Gasteiger partial charge in [0, 0.05) is 49.9 Å². The second kappa shape index (κ2) is 8.21. The van der Waals surface area contributed by atoms with E-state index in [9.17, 15) is 4.79 Å². The van der Waals surface area contributed by atoms with E-state index in [1.165, 1.54) is 16.7 Å². The van der Waals surface area contributed by atoms with E-state index in [1.54, 1.807) is 6.92 Å². The molecule has 1 saturated heterocycles. The first-order chi connectivity index (χ1) is 14.0. The van der Waals surface area contributed by atoms with E-state index in [1.807, 2.05) is 4.68 Å². The van der Waals surface area contributed by atoms with Crippen LogP contribution in [-0.4, -0.2) is 39.7 Å². The Balaban J connectivity index is 1.64. The van der Waals surface area contributed by atoms with Gasteiger partial charge in [-0.3, -0.25) is 9.69 Å². The number of hydrogen-bond donors (Lipinski definition) is 1. The minimum absolute atomic E-state index is 0.0458. The Kier molecular flexibility index (Phi) is 5.49. The zero-order valence-electron chi connectivity index (χ0n) is 17.4. The summed E-state index contributed by atoms with van der Waals surface area (Å²) in [5.74, 6) is 0.0458. The second-order valence-electron chi connectivity index (χ2n) is 8.07. The molecule has 1 fully saturated rings. The molecular weight excluding hydrogens is 360 g/mol. The second-order valence-corrected chi connectivity index (χ2v) is 8.07. The highest BCUT2D eigenvalue weighted by atomic mass is 16.1. The summed E-state index contributed by atoms with van der Waals surface area (Å²) in [6.07, 6.45) is 3.14. The fraction of sp³-hybridized carbons (Fsp3) is 0.333. The van der Waals surface area contributed by atoms with Crippen LogP contribution in [0.2, 0.25) is 0 Å². The first-order valence-electron chi connectivity index (χ1n) is 10.2. The van der Waals surface area contributed by atoms with Gasteiger partial charge in [0.25, 0.3) is 0 Å². The summed E-state index contributed by atoms with van der Waals surface area (Å²) in [5, 5.41) is 8.00. The van der Waals surface area contributed by atoms with E-state index in [0.29, 0.717) is 0 Å². The zero-order chi connectivity index (χ0) is 20.4. The molecule has 0 bridgehead atoms. The predicted octanol–water partition coefficient (Wildman–Crippen LogP) is 3.87. The van der Waals surface area contributed by atoms with Gasteiger partial charge in [-0.25, -0.2) is 4.68 Å². The largest absolute Gasteiger partial charge is 0.352 e. The van der Waals surface area contributed by atoms with Gasteiger partial charge in [0.1, 0.15) is 0 Å². The molecule has 2 heterocycles. The highest BCUT2D eigenvalue weighted by molar-refractivity contribution is 5.73. The molecule has 1 aliphatic rings. The van der Waals surface area contributed by atoms with E-state index in [-0.39, 0.29) is 11.9 Å². The van der Waals surface area contributed by atoms with Crippen molar-refractivity contribution in [2.24, 2.45) is 0 Å². The quantitative estimate of drug-likeness (QED) is 0.722. The van der Waals surface area contributed by atoms with Crippen molar-refractivity contribution in [3.63, 3.8) is 0 Å². The summed E-state index contributed by atoms with van der Waals surface area (Å²) >= 11 is 0. The molecule has 150 valence electrons. The fourth-order valence-corrected chi connectivity index (χ4v) is 4.01. The number of aromatic nitrogens is 2. The Morgan fingerprint density at radius 3 is 2.66 bits per heavy atom. The molecule has 0 saturated carbocycles. The molecule has 1 amide bonds. The minimum atomic E-state index is 0.0458. The Morgan fingerprint density at radius 1 is 1.14 bits per heavy atom. The van der Waals surface area contributed by atoms with Crippen LogP contribution in [0.15, 0.2) is 54.7 Å². The summed E-state index contributed by atoms with van der Waals surface area (Å²) in [6, 6.07) is 17.2. The molecule has 0 aliphatic carbocycles. The van der Waals surface area contributed by atoms with Crippen molar-refractivity contribution in [3.05, 3.63) is 71.4 Å². The molecule has 1 N–H and O–H groups in total. The molecule has 1 aromatic heterocycles. The summed E-state index contributed by atoms with van der Waals surface area (Å²) in [5.41, 5.74) is 6.90. The molecule has 1 atom stereocenters. The SMILES string of the molecule is CC(=O)N[C@@H]1CCN(Cc2cn(-c3ccc(C)cc3)nc2-c2cccc(C)c2)C1. The molecule has 5 heteroatoms. The number of aryl methyl sites for hydroxylation is 2. The topological polar surface area (TPSA) is 50.2 Å². The van der Waals surface area contributed by atoms with Gasteiger partial charge < -0.3 is 5.32 Å². The Morgan fingerprint density at radius 2 is 1.93 bits per heavy atom. The first kappa shape index (κ1) is 19.4. The maximum absolute atomic E-state index is 11.4. The number of likely N-dealkylation sites (tertiary alicyclic amines) is 1. The maximum Gasteiger partial charge on any atom is 0.217 e. The number of benzene rings is 2. The van der Waals surface area contributed by atoms with Crippen LogP contribution in [0, 0.1) is 13.8 Å². The third-order valence-electron chi connectivity index (χ3n) is 5.45. The van der Waals surface area contributed by atoms with Crippen molar-refractivity contribution in [1.82, 2.24) is 20.0 Å². The number of carbonyl (C=O) groups excluding carboxylic acids is 1. The number of nitrogens with one attached hydrogen (secondary N) is 1. The number of amides is 1. The lowest BCUT2D eigenvalue weighted by Gasteiger charge is -2.16. The van der Waals surface area contributed by atoms with Crippen LogP contribution in [0.4, 0.5) is 0 Å². The maximum atomic E-state index is 11.4. The fourth-order valence-electron chi connectivity index (χ4n) is 4.01. The highest BCUT2D eigenvalue weighted by Crippen LogP contribution is 2.27. The van der Waals surface area contributed by atoms with E-state index in [4.69, 9.17) is 5.10 Å². The lowest BCUT2D eigenvalue weighted by Crippen LogP contribution is -2.35. The van der Waals surface area contributed by atoms with Gasteiger partial charge in [-0.15, -0.1) is 0 Å². The molecule has 1 aliphatic heterocycles. The number of rotatable bonds is 5. The lowest BCUT2D eigenvalue weighted by molar-refractivity contribution is -0.119. The van der Waals surface area contributed by atoms with Gasteiger partial charge in [0.2, 0.25) is 5.91 Å². The third kappa shape index (κ3) is 4.57. The van der Waals surface area contributed by atoms with Gasteiger partial charge in [0.05, 0.1) is 11.4 Å². The molecule has 0 spiro atoms. The minimum Gasteiger partial charge on any atom is -0.352 e. The summed E-state index contributed by atoms with van der Waals surface area (Å²) in [4.78, 5) is 13.8. The first-order valence-corrected chi connectivity index (χ1v) is 10.2. The Labute approximate surface area is 172 Å². The molecular formula is C24H28N4O. The van der Waals surface area contributed by atoms with Gasteiger partial charge >= 0.3 is 0 Å². The van der Waals surface area contributed by atoms with Crippen LogP contribution in [0.3, 0.4) is 0 Å². The lowest BCUT2D eigenvalue weighted by atomic mass is 10.1. The average molecular weight is 389 g/mol. The number of carbonyl (C=O) groups is 1. The van der Waals surface area contributed by atoms with Crippen LogP contribution in [-0.2, 0) is 11.3 Å². The molecule has 3 aromatic rings. The van der Waals surface area contributed by atoms with Crippen LogP contribution in [0.5, 0.6) is 0 Å². The number of nitrogens with zero attached hydrogens (tertiary/aromatic N) is 3. The monoisotopic (exact) mass is 388 g/mol. The standard InChI is InChI=1S/C24H28N4O/c1-17-7-9-23(10-8-17)28-15-21(14-27-12-11-22(16-27)25-19(3)29)24(26-28)20-6-4-5-18(2)13-20/h4-10,13,15,22H,11-12,14,16H2,1-3H3,(H,25,29)/t22-/m1/s1. The molecule has 4 rings (SSSR count). The molecule has 0 unspecified atom stereocenters. The van der Waals surface area contributed by atoms with E-state index in [2.05, 4.69) is 78.8 Å². The highest BCUT2D eigenvalue weighted by Gasteiger charge is 2.24. The molecule has 5 nitrogen and oxygen atoms in total. The van der Waals surface area contributed by atoms with E-state index >= 15 is 0 Å². The average Bonchev–Trinajstić information content (AvgIpc) is 3.29. The van der Waals surface area contributed by atoms with Crippen molar-refractivity contribution in [1.29, 1.82) is 0 Å². The Hall–Kier alpha value is -2.92. The van der Waals surface area contributed by atoms with Crippen molar-refractivity contribution < 1.29 is 4.79 Å². The van der Waals surface area contributed by atoms with Gasteiger partial charge in [-0.05, 0) is 38.5 Å². The normalized spacial score (nSPS) is 16.9. The van der Waals surface area contributed by atoms with Gasteiger partial charge in [-0.1, -0.05) is 41.5 Å². The van der Waals surface area contributed by atoms with Gasteiger partial charge in [-0.2, -0.15) is 5.10 Å². The van der Waals surface area contributed by atoms with Crippen LogP contribution in [0.25, 0.3) is 16.9 Å². The van der Waals surface area contributed by atoms with Crippen molar-refractivity contribution in [3.8, 4) is 16.9 Å². The van der Waals surface area contributed by atoms with E-state index in [0.717, 1.165) is 43.0 Å². The molecule has 2 aromatic carbocycles. The van der Waals surface area contributed by atoms with Crippen molar-refractivity contribution in [2.75, 3.05) is 13.1 Å². The third-order valence-corrected chi connectivity index (χ3v) is 5.45. The van der Waals surface area contributed by atoms with Crippen LogP contribution in [0.1, 0.15) is 30.0 Å². The summed E-state index contributed by atoms with van der Waals surface area (Å²) in [7, 11) is 0. The van der Waals surface area contributed by atoms with Crippen molar-refractivity contribution >= 4 is 5.91 Å². The summed E-state index contributed by atoms with van der Waals surface area (Å²) in [6.45, 7) is 8.47. The van der Waals surface area contributed by atoms with Crippen LogP contribution >= 0.6 is 0 Å². The smallest absolute Gasteiger partial charge is 0.217 e. The zero-order valence-corrected chi connectivity index (χ0v) is 17.4. The Bertz CT molecular complexity index is 1010. The molecule has 0 radical (unpaired) electrons. The van der Waals surface area contributed by atoms with Crippen molar-refractivity contribution in [2.45, 2.75) is 39.8 Å². The summed E-state index contributed by atoms with van der Waals surface area (Å²) < 4.78 is 1.98. The van der Waals surface area contributed by atoms with Crippen LogP contribution < -0.4 is 5.32 Å². The van der Waals surface area contributed by atoms with Gasteiger partial charge in [0.15, 0.2) is 0 Å².